The molecule has 0 unspecified atom stereocenters. The van der Waals surface area contributed by atoms with Crippen molar-refractivity contribution >= 4 is 11.1 Å². The first-order chi connectivity index (χ1) is 19.3. The number of fused-ring (bicyclic) bond motifs is 1. The molecule has 41 heavy (non-hydrogen) atoms. The van der Waals surface area contributed by atoms with Crippen LogP contribution in [0.25, 0.3) is 11.1 Å². The molecular formula is C33H37F4NO3. The van der Waals surface area contributed by atoms with Gasteiger partial charge in [-0.1, -0.05) is 37.8 Å². The van der Waals surface area contributed by atoms with E-state index in [0.29, 0.717) is 6.42 Å². The summed E-state index contributed by atoms with van der Waals surface area (Å²) in [5.74, 6) is 1.15. The molecule has 0 aromatic heterocycles. The minimum atomic E-state index is -4.40. The van der Waals surface area contributed by atoms with E-state index in [-0.39, 0.29) is 31.7 Å². The Labute approximate surface area is 239 Å². The van der Waals surface area contributed by atoms with E-state index in [4.69, 9.17) is 9.47 Å². The lowest BCUT2D eigenvalue weighted by Crippen LogP contribution is -2.26. The molecule has 3 aromatic carbocycles. The number of aryl methyl sites for hydroxylation is 1. The molecule has 4 nitrogen and oxygen atoms in total. The zero-order valence-electron chi connectivity index (χ0n) is 22.2. The van der Waals surface area contributed by atoms with Gasteiger partial charge < -0.3 is 14.6 Å². The average molecular weight is 572 g/mol. The first-order valence-corrected chi connectivity index (χ1v) is 13.7. The molecule has 1 heterocycles. The molecule has 3 aromatic rings. The van der Waals surface area contributed by atoms with Gasteiger partial charge in [0, 0.05) is 19.6 Å². The maximum atomic E-state index is 12.6. The van der Waals surface area contributed by atoms with Crippen molar-refractivity contribution in [2.45, 2.75) is 51.8 Å². The van der Waals surface area contributed by atoms with Crippen molar-refractivity contribution in [1.82, 2.24) is 4.90 Å². The quantitative estimate of drug-likeness (QED) is 0.264. The highest BCUT2D eigenvalue weighted by Crippen LogP contribution is 2.41. The van der Waals surface area contributed by atoms with Crippen molar-refractivity contribution in [3.8, 4) is 17.2 Å². The van der Waals surface area contributed by atoms with Gasteiger partial charge in [-0.2, -0.15) is 13.2 Å². The normalized spacial score (nSPS) is 17.5. The molecular weight excluding hydrogens is 534 g/mol. The van der Waals surface area contributed by atoms with Crippen LogP contribution in [-0.4, -0.2) is 55.2 Å². The van der Waals surface area contributed by atoms with E-state index in [0.717, 1.165) is 84.5 Å². The van der Waals surface area contributed by atoms with Crippen LogP contribution in [0.2, 0.25) is 0 Å². The van der Waals surface area contributed by atoms with Gasteiger partial charge in [-0.3, -0.25) is 9.29 Å². The molecule has 0 amide bonds. The van der Waals surface area contributed by atoms with Gasteiger partial charge in [-0.15, -0.1) is 0 Å². The lowest BCUT2D eigenvalue weighted by molar-refractivity contribution is -0.153. The highest BCUT2D eigenvalue weighted by atomic mass is 19.4. The SMILES string of the molecule is C.Oc1ccc2c(c1)CCCC(c1ccc(OCC(F)(F)F)cc1)=C2c1ccc(O[C@H]2CCN(CCCF)C2)cc1. The molecule has 8 heteroatoms. The molecule has 0 saturated carbocycles. The first kappa shape index (κ1) is 30.4. The summed E-state index contributed by atoms with van der Waals surface area (Å²) >= 11 is 0. The minimum absolute atomic E-state index is 0. The van der Waals surface area contributed by atoms with Gasteiger partial charge in [0.25, 0.3) is 0 Å². The van der Waals surface area contributed by atoms with Gasteiger partial charge in [0.15, 0.2) is 6.61 Å². The van der Waals surface area contributed by atoms with Crippen molar-refractivity contribution in [3.05, 3.63) is 89.0 Å². The molecule has 0 bridgehead atoms. The fourth-order valence-electron chi connectivity index (χ4n) is 5.58. The van der Waals surface area contributed by atoms with Gasteiger partial charge in [0.1, 0.15) is 23.4 Å². The zero-order valence-corrected chi connectivity index (χ0v) is 22.2. The van der Waals surface area contributed by atoms with E-state index in [1.807, 2.05) is 30.3 Å². The molecule has 1 fully saturated rings. The number of benzene rings is 3. The second-order valence-corrected chi connectivity index (χ2v) is 10.4. The third-order valence-corrected chi connectivity index (χ3v) is 7.42. The second-order valence-electron chi connectivity index (χ2n) is 10.4. The number of rotatable bonds is 9. The third kappa shape index (κ3) is 7.82. The Hall–Kier alpha value is -3.52. The van der Waals surface area contributed by atoms with E-state index < -0.39 is 12.8 Å². The Balaban J connectivity index is 0.00000387. The number of hydrogen-bond donors (Lipinski definition) is 1. The van der Waals surface area contributed by atoms with Crippen LogP contribution in [0.4, 0.5) is 17.6 Å². The molecule has 0 radical (unpaired) electrons. The summed E-state index contributed by atoms with van der Waals surface area (Å²) in [6.07, 6.45) is -0.450. The highest BCUT2D eigenvalue weighted by molar-refractivity contribution is 6.00. The van der Waals surface area contributed by atoms with Gasteiger partial charge in [-0.05, 0) is 102 Å². The Morgan fingerprint density at radius 3 is 2.32 bits per heavy atom. The summed E-state index contributed by atoms with van der Waals surface area (Å²) in [5.41, 5.74) is 6.09. The van der Waals surface area contributed by atoms with Crippen LogP contribution in [-0.2, 0) is 6.42 Å². The molecule has 2 aliphatic rings. The number of phenols is 1. The van der Waals surface area contributed by atoms with Gasteiger partial charge in [0.2, 0.25) is 0 Å². The average Bonchev–Trinajstić information content (AvgIpc) is 3.30. The number of ether oxygens (including phenoxy) is 2. The summed E-state index contributed by atoms with van der Waals surface area (Å²) in [6, 6.07) is 20.2. The number of likely N-dealkylation sites (tertiary alicyclic amines) is 1. The fraction of sp³-hybridized carbons (Fsp3) is 0.394. The number of halogens is 4. The number of hydrogen-bond acceptors (Lipinski definition) is 4. The van der Waals surface area contributed by atoms with E-state index in [1.54, 1.807) is 36.4 Å². The smallest absolute Gasteiger partial charge is 0.422 e. The van der Waals surface area contributed by atoms with Crippen molar-refractivity contribution in [2.75, 3.05) is 32.9 Å². The van der Waals surface area contributed by atoms with Gasteiger partial charge in [-0.25, -0.2) is 0 Å². The van der Waals surface area contributed by atoms with Crippen molar-refractivity contribution in [2.24, 2.45) is 0 Å². The fourth-order valence-corrected chi connectivity index (χ4v) is 5.58. The van der Waals surface area contributed by atoms with Crippen LogP contribution < -0.4 is 9.47 Å². The van der Waals surface area contributed by atoms with Crippen molar-refractivity contribution in [1.29, 1.82) is 0 Å². The highest BCUT2D eigenvalue weighted by Gasteiger charge is 2.28. The Kier molecular flexibility index (Phi) is 9.97. The number of aromatic hydroxyl groups is 1. The van der Waals surface area contributed by atoms with E-state index in [2.05, 4.69) is 4.90 Å². The first-order valence-electron chi connectivity index (χ1n) is 13.7. The molecule has 0 spiro atoms. The van der Waals surface area contributed by atoms with Crippen molar-refractivity contribution in [3.63, 3.8) is 0 Å². The lowest BCUT2D eigenvalue weighted by Gasteiger charge is -2.19. The van der Waals surface area contributed by atoms with Crippen LogP contribution in [0.1, 0.15) is 55.4 Å². The monoisotopic (exact) mass is 571 g/mol. The van der Waals surface area contributed by atoms with Crippen molar-refractivity contribution < 1.29 is 32.1 Å². The molecule has 1 aliphatic heterocycles. The number of allylic oxidation sites excluding steroid dienone is 1. The van der Waals surface area contributed by atoms with Gasteiger partial charge >= 0.3 is 6.18 Å². The van der Waals surface area contributed by atoms with Gasteiger partial charge in [0.05, 0.1) is 6.67 Å². The molecule has 1 saturated heterocycles. The number of nitrogens with zero attached hydrogens (tertiary/aromatic N) is 1. The van der Waals surface area contributed by atoms with E-state index >= 15 is 0 Å². The zero-order chi connectivity index (χ0) is 28.1. The van der Waals surface area contributed by atoms with Crippen LogP contribution in [0.15, 0.2) is 66.7 Å². The van der Waals surface area contributed by atoms with Crippen LogP contribution in [0.3, 0.4) is 0 Å². The number of phenolic OH excluding ortho intramolecular Hbond substituents is 1. The third-order valence-electron chi connectivity index (χ3n) is 7.42. The summed E-state index contributed by atoms with van der Waals surface area (Å²) in [5, 5.41) is 10.1. The van der Waals surface area contributed by atoms with Crippen LogP contribution in [0.5, 0.6) is 17.2 Å². The maximum absolute atomic E-state index is 12.6. The Bertz CT molecular complexity index is 1320. The standard InChI is InChI=1S/C32H33F4NO3.CH4/c33-16-2-17-37-18-15-28(20-37)40-27-12-7-23(8-13-27)31-29(4-1-3-24-19-25(38)9-14-30(24)31)22-5-10-26(11-6-22)39-21-32(34,35)36;/h5-14,19,28,38H,1-4,15-18,20-21H2;1H4/t28-;/m0./s1. The van der Waals surface area contributed by atoms with E-state index in [9.17, 15) is 22.7 Å². The second kappa shape index (κ2) is 13.4. The molecule has 1 atom stereocenters. The minimum Gasteiger partial charge on any atom is -0.508 e. The molecule has 5 rings (SSSR count). The summed E-state index contributed by atoms with van der Waals surface area (Å²) in [6.45, 7) is 0.804. The summed E-state index contributed by atoms with van der Waals surface area (Å²) in [7, 11) is 0. The summed E-state index contributed by atoms with van der Waals surface area (Å²) in [4.78, 5) is 2.23. The van der Waals surface area contributed by atoms with Crippen LogP contribution in [0, 0.1) is 0 Å². The molecule has 1 aliphatic carbocycles. The summed E-state index contributed by atoms with van der Waals surface area (Å²) < 4.78 is 61.5. The molecule has 220 valence electrons. The Morgan fingerprint density at radius 2 is 1.61 bits per heavy atom. The lowest BCUT2D eigenvalue weighted by atomic mass is 9.88. The number of alkyl halides is 4. The maximum Gasteiger partial charge on any atom is 0.422 e. The largest absolute Gasteiger partial charge is 0.508 e. The Morgan fingerprint density at radius 1 is 0.902 bits per heavy atom. The van der Waals surface area contributed by atoms with Crippen LogP contribution >= 0.6 is 0 Å². The predicted octanol–water partition coefficient (Wildman–Crippen LogP) is 8.08. The molecule has 1 N–H and O–H groups in total. The van der Waals surface area contributed by atoms with E-state index in [1.165, 1.54) is 0 Å². The predicted molar refractivity (Wildman–Crippen MR) is 154 cm³/mol. The topological polar surface area (TPSA) is 41.9 Å².